The molecule has 0 aromatic heterocycles. The van der Waals surface area contributed by atoms with E-state index in [1.807, 2.05) is 25.1 Å². The maximum Gasteiger partial charge on any atom is 0.227 e. The first-order valence-electron chi connectivity index (χ1n) is 11.8. The highest BCUT2D eigenvalue weighted by atomic mass is 16.2. The number of hydrogen-bond acceptors (Lipinski definition) is 2. The second kappa shape index (κ2) is 13.4. The average Bonchev–Trinajstić information content (AvgIpc) is 3.54. The van der Waals surface area contributed by atoms with Crippen molar-refractivity contribution in [2.45, 2.75) is 104 Å². The molecule has 4 heteroatoms. The smallest absolute Gasteiger partial charge is 0.227 e. The summed E-state index contributed by atoms with van der Waals surface area (Å²) in [5.41, 5.74) is 2.52. The Bertz CT molecular complexity index is 638. The van der Waals surface area contributed by atoms with E-state index in [1.54, 1.807) is 0 Å². The van der Waals surface area contributed by atoms with E-state index < -0.39 is 0 Å². The summed E-state index contributed by atoms with van der Waals surface area (Å²) < 4.78 is 0. The number of amides is 2. The minimum absolute atomic E-state index is 0.0645. The Balaban J connectivity index is 1.56. The Hall–Kier alpha value is -1.84. The van der Waals surface area contributed by atoms with Crippen molar-refractivity contribution >= 4 is 23.2 Å². The zero-order valence-corrected chi connectivity index (χ0v) is 18.5. The van der Waals surface area contributed by atoms with E-state index >= 15 is 0 Å². The maximum atomic E-state index is 12.3. The molecule has 4 nitrogen and oxygen atoms in total. The van der Waals surface area contributed by atoms with Crippen LogP contribution in [0.15, 0.2) is 18.2 Å². The number of carbonyl (C=O) groups is 2. The zero-order chi connectivity index (χ0) is 20.9. The maximum absolute atomic E-state index is 12.3. The highest BCUT2D eigenvalue weighted by Crippen LogP contribution is 2.31. The third-order valence-electron chi connectivity index (χ3n) is 5.82. The molecule has 1 aliphatic rings. The summed E-state index contributed by atoms with van der Waals surface area (Å²) in [5, 5.41) is 6.00. The zero-order valence-electron chi connectivity index (χ0n) is 18.5. The fourth-order valence-electron chi connectivity index (χ4n) is 3.65. The Kier molecular flexibility index (Phi) is 10.8. The lowest BCUT2D eigenvalue weighted by atomic mass is 10.1. The van der Waals surface area contributed by atoms with Gasteiger partial charge in [-0.05, 0) is 43.9 Å². The molecule has 0 heterocycles. The van der Waals surface area contributed by atoms with Gasteiger partial charge in [0.15, 0.2) is 0 Å². The molecule has 0 unspecified atom stereocenters. The third-order valence-corrected chi connectivity index (χ3v) is 5.82. The first-order chi connectivity index (χ1) is 14.1. The molecular weight excluding hydrogens is 360 g/mol. The van der Waals surface area contributed by atoms with Gasteiger partial charge in [0.2, 0.25) is 11.8 Å². The van der Waals surface area contributed by atoms with Gasteiger partial charge in [0.05, 0.1) is 0 Å². The first kappa shape index (κ1) is 23.4. The molecule has 0 aliphatic heterocycles. The van der Waals surface area contributed by atoms with E-state index in [0.717, 1.165) is 42.6 Å². The fraction of sp³-hybridized carbons (Fsp3) is 0.680. The van der Waals surface area contributed by atoms with Crippen LogP contribution in [0.5, 0.6) is 0 Å². The summed E-state index contributed by atoms with van der Waals surface area (Å²) in [6, 6.07) is 5.68. The third kappa shape index (κ3) is 9.47. The van der Waals surface area contributed by atoms with Gasteiger partial charge >= 0.3 is 0 Å². The molecule has 1 aromatic rings. The number of benzene rings is 1. The minimum Gasteiger partial charge on any atom is -0.326 e. The molecule has 0 spiro atoms. The van der Waals surface area contributed by atoms with Crippen LogP contribution in [0.1, 0.15) is 102 Å². The summed E-state index contributed by atoms with van der Waals surface area (Å²) in [4.78, 5) is 24.3. The van der Waals surface area contributed by atoms with Crippen molar-refractivity contribution in [1.82, 2.24) is 0 Å². The van der Waals surface area contributed by atoms with Crippen molar-refractivity contribution in [3.8, 4) is 0 Å². The summed E-state index contributed by atoms with van der Waals surface area (Å²) in [6.45, 7) is 4.20. The van der Waals surface area contributed by atoms with Gasteiger partial charge in [0, 0.05) is 23.7 Å². The molecule has 2 amide bonds. The standard InChI is InChI=1S/C25H40N2O2/c1-3-4-5-6-7-8-9-10-11-12-13-17-24(28)26-22-15-14-16-23(20(22)2)27-25(29)21-18-19-21/h14-16,21H,3-13,17-19H2,1-2H3,(H,26,28)(H,27,29). The van der Waals surface area contributed by atoms with Crippen molar-refractivity contribution in [3.05, 3.63) is 23.8 Å². The van der Waals surface area contributed by atoms with Gasteiger partial charge in [-0.1, -0.05) is 77.2 Å². The van der Waals surface area contributed by atoms with Crippen LogP contribution in [0.3, 0.4) is 0 Å². The van der Waals surface area contributed by atoms with E-state index in [4.69, 9.17) is 0 Å². The molecule has 162 valence electrons. The second-order valence-electron chi connectivity index (χ2n) is 8.58. The summed E-state index contributed by atoms with van der Waals surface area (Å²) in [7, 11) is 0. The van der Waals surface area contributed by atoms with Crippen molar-refractivity contribution in [2.75, 3.05) is 10.6 Å². The largest absolute Gasteiger partial charge is 0.326 e. The van der Waals surface area contributed by atoms with Gasteiger partial charge in [-0.15, -0.1) is 0 Å². The van der Waals surface area contributed by atoms with E-state index in [1.165, 1.54) is 57.8 Å². The monoisotopic (exact) mass is 400 g/mol. The van der Waals surface area contributed by atoms with Gasteiger partial charge < -0.3 is 10.6 Å². The molecule has 1 aromatic carbocycles. The topological polar surface area (TPSA) is 58.2 Å². The number of anilines is 2. The van der Waals surface area contributed by atoms with E-state index in [9.17, 15) is 9.59 Å². The van der Waals surface area contributed by atoms with E-state index in [-0.39, 0.29) is 17.7 Å². The number of nitrogens with one attached hydrogen (secondary N) is 2. The highest BCUT2D eigenvalue weighted by molar-refractivity contribution is 5.97. The number of unbranched alkanes of at least 4 members (excludes halogenated alkanes) is 10. The molecule has 0 radical (unpaired) electrons. The van der Waals surface area contributed by atoms with Crippen LogP contribution >= 0.6 is 0 Å². The van der Waals surface area contributed by atoms with Gasteiger partial charge in [-0.2, -0.15) is 0 Å². The predicted octanol–water partition coefficient (Wildman–Crippen LogP) is 6.98. The van der Waals surface area contributed by atoms with E-state index in [0.29, 0.717) is 6.42 Å². The Morgan fingerprint density at radius 2 is 1.34 bits per heavy atom. The second-order valence-corrected chi connectivity index (χ2v) is 8.58. The molecule has 0 bridgehead atoms. The van der Waals surface area contributed by atoms with Crippen LogP contribution in [-0.4, -0.2) is 11.8 Å². The fourth-order valence-corrected chi connectivity index (χ4v) is 3.65. The summed E-state index contributed by atoms with van der Waals surface area (Å²) >= 11 is 0. The molecular formula is C25H40N2O2. The van der Waals surface area contributed by atoms with Crippen LogP contribution in [0.2, 0.25) is 0 Å². The molecule has 0 atom stereocenters. The van der Waals surface area contributed by atoms with Crippen molar-refractivity contribution < 1.29 is 9.59 Å². The van der Waals surface area contributed by atoms with Crippen LogP contribution in [-0.2, 0) is 9.59 Å². The summed E-state index contributed by atoms with van der Waals surface area (Å²) in [6.07, 6.45) is 16.7. The van der Waals surface area contributed by atoms with Crippen molar-refractivity contribution in [2.24, 2.45) is 5.92 Å². The number of rotatable bonds is 15. The average molecular weight is 401 g/mol. The molecule has 1 saturated carbocycles. The number of hydrogen-bond donors (Lipinski definition) is 2. The number of carbonyl (C=O) groups excluding carboxylic acids is 2. The van der Waals surface area contributed by atoms with Crippen molar-refractivity contribution in [3.63, 3.8) is 0 Å². The molecule has 1 aliphatic carbocycles. The van der Waals surface area contributed by atoms with Gasteiger partial charge in [0.1, 0.15) is 0 Å². The lowest BCUT2D eigenvalue weighted by Gasteiger charge is -2.13. The van der Waals surface area contributed by atoms with Gasteiger partial charge in [-0.25, -0.2) is 0 Å². The quantitative estimate of drug-likeness (QED) is 0.312. The van der Waals surface area contributed by atoms with Crippen LogP contribution in [0.4, 0.5) is 11.4 Å². The molecule has 1 fully saturated rings. The lowest BCUT2D eigenvalue weighted by Crippen LogP contribution is -2.16. The predicted molar refractivity (Wildman–Crippen MR) is 122 cm³/mol. The summed E-state index contributed by atoms with van der Waals surface area (Å²) in [5.74, 6) is 0.334. The van der Waals surface area contributed by atoms with Crippen molar-refractivity contribution in [1.29, 1.82) is 0 Å². The van der Waals surface area contributed by atoms with Crippen LogP contribution in [0, 0.1) is 12.8 Å². The molecule has 2 rings (SSSR count). The van der Waals surface area contributed by atoms with E-state index in [2.05, 4.69) is 17.6 Å². The lowest BCUT2D eigenvalue weighted by molar-refractivity contribution is -0.117. The normalized spacial score (nSPS) is 13.3. The molecule has 29 heavy (non-hydrogen) atoms. The minimum atomic E-state index is 0.0645. The Labute approximate surface area is 177 Å². The van der Waals surface area contributed by atoms with Gasteiger partial charge in [-0.3, -0.25) is 9.59 Å². The Morgan fingerprint density at radius 3 is 1.90 bits per heavy atom. The van der Waals surface area contributed by atoms with Crippen LogP contribution < -0.4 is 10.6 Å². The molecule has 2 N–H and O–H groups in total. The van der Waals surface area contributed by atoms with Gasteiger partial charge in [0.25, 0.3) is 0 Å². The Morgan fingerprint density at radius 1 is 0.828 bits per heavy atom. The first-order valence-corrected chi connectivity index (χ1v) is 11.8. The molecule has 0 saturated heterocycles. The SMILES string of the molecule is CCCCCCCCCCCCCC(=O)Nc1cccc(NC(=O)C2CC2)c1C. The van der Waals surface area contributed by atoms with Crippen LogP contribution in [0.25, 0.3) is 0 Å². The highest BCUT2D eigenvalue weighted by Gasteiger charge is 2.29.